The Labute approximate surface area is 140 Å². The minimum absolute atomic E-state index is 0.0959. The summed E-state index contributed by atoms with van der Waals surface area (Å²) in [6, 6.07) is 7.69. The summed E-state index contributed by atoms with van der Waals surface area (Å²) in [5, 5.41) is 0. The molecule has 4 nitrogen and oxygen atoms in total. The Morgan fingerprint density at radius 1 is 1.35 bits per heavy atom. The fraction of sp³-hybridized carbons (Fsp3) is 0.556. The van der Waals surface area contributed by atoms with Gasteiger partial charge in [-0.15, -0.1) is 0 Å². The van der Waals surface area contributed by atoms with Gasteiger partial charge in [-0.3, -0.25) is 0 Å². The molecular formula is C18H27NO3S. The van der Waals surface area contributed by atoms with E-state index in [-0.39, 0.29) is 5.75 Å². The molecule has 1 aromatic carbocycles. The van der Waals surface area contributed by atoms with Crippen molar-refractivity contribution >= 4 is 10.0 Å². The second-order valence-corrected chi connectivity index (χ2v) is 8.53. The van der Waals surface area contributed by atoms with E-state index in [1.54, 1.807) is 0 Å². The van der Waals surface area contributed by atoms with Crippen LogP contribution in [0, 0.1) is 5.92 Å². The van der Waals surface area contributed by atoms with Crippen LogP contribution in [0.4, 0.5) is 0 Å². The van der Waals surface area contributed by atoms with Gasteiger partial charge in [0.25, 0.3) is 0 Å². The topological polar surface area (TPSA) is 55.4 Å². The van der Waals surface area contributed by atoms with E-state index in [1.165, 1.54) is 12.8 Å². The third-order valence-electron chi connectivity index (χ3n) is 3.94. The number of benzene rings is 1. The van der Waals surface area contributed by atoms with Gasteiger partial charge in [0, 0.05) is 0 Å². The molecule has 0 heterocycles. The molecule has 0 radical (unpaired) electrons. The molecular weight excluding hydrogens is 310 g/mol. The molecule has 1 aliphatic carbocycles. The summed E-state index contributed by atoms with van der Waals surface area (Å²) in [6.45, 7) is 6.39. The molecule has 0 atom stereocenters. The van der Waals surface area contributed by atoms with Crippen molar-refractivity contribution in [3.05, 3.63) is 42.0 Å². The summed E-state index contributed by atoms with van der Waals surface area (Å²) in [4.78, 5) is 0. The fourth-order valence-corrected chi connectivity index (χ4v) is 3.81. The largest absolute Gasteiger partial charge is 0.493 e. The molecule has 1 N–H and O–H groups in total. The number of hydrogen-bond acceptors (Lipinski definition) is 3. The van der Waals surface area contributed by atoms with Gasteiger partial charge in [-0.1, -0.05) is 24.3 Å². The average Bonchev–Trinajstić information content (AvgIpc) is 3.29. The van der Waals surface area contributed by atoms with Crippen molar-refractivity contribution < 1.29 is 13.2 Å². The lowest BCUT2D eigenvalue weighted by Crippen LogP contribution is -2.42. The zero-order chi connectivity index (χ0) is 16.9. The summed E-state index contributed by atoms with van der Waals surface area (Å²) in [5.41, 5.74) is 0.230. The zero-order valence-corrected chi connectivity index (χ0v) is 15.0. The summed E-state index contributed by atoms with van der Waals surface area (Å²) in [7, 11) is -3.33. The Bertz CT molecular complexity index is 646. The normalized spacial score (nSPS) is 16.0. The van der Waals surface area contributed by atoms with Crippen molar-refractivity contribution in [3.8, 4) is 5.75 Å². The van der Waals surface area contributed by atoms with Gasteiger partial charge in [-0.25, -0.2) is 13.1 Å². The smallest absolute Gasteiger partial charge is 0.212 e. The van der Waals surface area contributed by atoms with Crippen LogP contribution in [0.15, 0.2) is 36.4 Å². The van der Waals surface area contributed by atoms with Crippen LogP contribution < -0.4 is 9.46 Å². The van der Waals surface area contributed by atoms with E-state index in [0.29, 0.717) is 12.3 Å². The molecule has 0 aliphatic heterocycles. The van der Waals surface area contributed by atoms with Crippen molar-refractivity contribution in [3.63, 3.8) is 0 Å². The van der Waals surface area contributed by atoms with Gasteiger partial charge in [-0.05, 0) is 63.6 Å². The third kappa shape index (κ3) is 5.99. The lowest BCUT2D eigenvalue weighted by molar-refractivity contribution is 0.298. The number of sulfonamides is 1. The first-order valence-corrected chi connectivity index (χ1v) is 9.84. The lowest BCUT2D eigenvalue weighted by atomic mass is 9.95. The Morgan fingerprint density at radius 2 is 2.09 bits per heavy atom. The van der Waals surface area contributed by atoms with Gasteiger partial charge >= 0.3 is 0 Å². The Morgan fingerprint density at radius 3 is 2.74 bits per heavy atom. The molecule has 0 bridgehead atoms. The first-order valence-electron chi connectivity index (χ1n) is 8.18. The second kappa shape index (κ2) is 7.49. The van der Waals surface area contributed by atoms with E-state index >= 15 is 0 Å². The highest BCUT2D eigenvalue weighted by Crippen LogP contribution is 2.30. The summed E-state index contributed by atoms with van der Waals surface area (Å²) >= 11 is 0. The van der Waals surface area contributed by atoms with E-state index in [1.807, 2.05) is 57.2 Å². The number of ether oxygens (including phenoxy) is 1. The minimum Gasteiger partial charge on any atom is -0.493 e. The van der Waals surface area contributed by atoms with E-state index in [9.17, 15) is 8.42 Å². The molecule has 1 aromatic rings. The maximum absolute atomic E-state index is 12.2. The van der Waals surface area contributed by atoms with Gasteiger partial charge in [-0.2, -0.15) is 0 Å². The minimum atomic E-state index is -3.33. The molecule has 0 unspecified atom stereocenters. The molecule has 1 fully saturated rings. The number of hydrogen-bond donors (Lipinski definition) is 1. The van der Waals surface area contributed by atoms with E-state index in [0.717, 1.165) is 17.9 Å². The standard InChI is InChI=1S/C18H27NO3S/c1-4-5-6-12-23(20,21)19-18(2,3)16-8-7-9-17(13-16)22-14-15-10-11-15/h4-5,7-9,13,15,19H,6,10-12,14H2,1-3H3/b5-4+. The monoisotopic (exact) mass is 337 g/mol. The van der Waals surface area contributed by atoms with Crippen LogP contribution in [0.1, 0.15) is 45.6 Å². The molecule has 0 saturated heterocycles. The summed E-state index contributed by atoms with van der Waals surface area (Å²) in [6.07, 6.45) is 6.74. The fourth-order valence-electron chi connectivity index (χ4n) is 2.36. The molecule has 1 saturated carbocycles. The van der Waals surface area contributed by atoms with Crippen LogP contribution in [0.25, 0.3) is 0 Å². The molecule has 0 amide bonds. The highest BCUT2D eigenvalue weighted by atomic mass is 32.2. The number of rotatable bonds is 9. The first kappa shape index (κ1) is 18.0. The van der Waals surface area contributed by atoms with Crippen LogP contribution in [0.5, 0.6) is 5.75 Å². The maximum atomic E-state index is 12.2. The van der Waals surface area contributed by atoms with Gasteiger partial charge in [0.2, 0.25) is 10.0 Å². The third-order valence-corrected chi connectivity index (χ3v) is 5.53. The van der Waals surface area contributed by atoms with Crippen LogP contribution >= 0.6 is 0 Å². The Hall–Kier alpha value is -1.33. The van der Waals surface area contributed by atoms with Gasteiger partial charge in [0.05, 0.1) is 17.9 Å². The van der Waals surface area contributed by atoms with Crippen molar-refractivity contribution in [2.45, 2.75) is 45.6 Å². The van der Waals surface area contributed by atoms with Crippen molar-refractivity contribution in [1.29, 1.82) is 0 Å². The Balaban J connectivity index is 2.03. The van der Waals surface area contributed by atoms with E-state index < -0.39 is 15.6 Å². The maximum Gasteiger partial charge on any atom is 0.212 e. The van der Waals surface area contributed by atoms with Crippen LogP contribution in [-0.2, 0) is 15.6 Å². The molecule has 0 spiro atoms. The summed E-state index contributed by atoms with van der Waals surface area (Å²) in [5.74, 6) is 1.59. The SMILES string of the molecule is C/C=C/CCS(=O)(=O)NC(C)(C)c1cccc(OCC2CC2)c1. The van der Waals surface area contributed by atoms with Gasteiger partial charge < -0.3 is 4.74 Å². The average molecular weight is 337 g/mol. The molecule has 1 aliphatic rings. The summed E-state index contributed by atoms with van der Waals surface area (Å²) < 4.78 is 33.0. The highest BCUT2D eigenvalue weighted by Gasteiger charge is 2.27. The van der Waals surface area contributed by atoms with Crippen LogP contribution in [0.3, 0.4) is 0 Å². The second-order valence-electron chi connectivity index (χ2n) is 6.69. The zero-order valence-electron chi connectivity index (χ0n) is 14.2. The van der Waals surface area contributed by atoms with Crippen molar-refractivity contribution in [2.75, 3.05) is 12.4 Å². The van der Waals surface area contributed by atoms with Crippen LogP contribution in [0.2, 0.25) is 0 Å². The molecule has 2 rings (SSSR count). The predicted octanol–water partition coefficient (Wildman–Crippen LogP) is 3.60. The van der Waals surface area contributed by atoms with Crippen molar-refractivity contribution in [1.82, 2.24) is 4.72 Å². The number of nitrogens with one attached hydrogen (secondary N) is 1. The predicted molar refractivity (Wildman–Crippen MR) is 94.0 cm³/mol. The quantitative estimate of drug-likeness (QED) is 0.701. The molecule has 128 valence electrons. The molecule has 5 heteroatoms. The molecule has 23 heavy (non-hydrogen) atoms. The molecule has 0 aromatic heterocycles. The van der Waals surface area contributed by atoms with Crippen molar-refractivity contribution in [2.24, 2.45) is 5.92 Å². The van der Waals surface area contributed by atoms with Gasteiger partial charge in [0.1, 0.15) is 5.75 Å². The lowest BCUT2D eigenvalue weighted by Gasteiger charge is -2.27. The highest BCUT2D eigenvalue weighted by molar-refractivity contribution is 7.89. The van der Waals surface area contributed by atoms with E-state index in [2.05, 4.69) is 4.72 Å². The van der Waals surface area contributed by atoms with Crippen LogP contribution in [-0.4, -0.2) is 20.8 Å². The van der Waals surface area contributed by atoms with Gasteiger partial charge in [0.15, 0.2) is 0 Å². The first-order chi connectivity index (χ1) is 10.8. The Kier molecular flexibility index (Phi) is 5.87. The number of allylic oxidation sites excluding steroid dienone is 2. The van der Waals surface area contributed by atoms with E-state index in [4.69, 9.17) is 4.74 Å².